The summed E-state index contributed by atoms with van der Waals surface area (Å²) in [7, 11) is 0. The fourth-order valence-corrected chi connectivity index (χ4v) is 3.40. The fraction of sp³-hybridized carbons (Fsp3) is 0.389. The Morgan fingerprint density at radius 1 is 1.00 bits per heavy atom. The summed E-state index contributed by atoms with van der Waals surface area (Å²) in [5.74, 6) is 0.652. The molecule has 5 nitrogen and oxygen atoms in total. The topological polar surface area (TPSA) is 49.3 Å². The zero-order valence-electron chi connectivity index (χ0n) is 13.1. The summed E-state index contributed by atoms with van der Waals surface area (Å²) in [6.07, 6.45) is 6.07. The number of carbonyl (C=O) groups is 1. The number of benzene rings is 1. The monoisotopic (exact) mass is 308 g/mol. The quantitative estimate of drug-likeness (QED) is 0.856. The number of likely N-dealkylation sites (tertiary alicyclic amines) is 1. The predicted molar refractivity (Wildman–Crippen MR) is 88.9 cm³/mol. The van der Waals surface area contributed by atoms with E-state index in [9.17, 15) is 4.79 Å². The molecule has 0 unspecified atom stereocenters. The number of amides is 1. The molecule has 23 heavy (non-hydrogen) atoms. The molecule has 0 bridgehead atoms. The van der Waals surface area contributed by atoms with Gasteiger partial charge in [0.15, 0.2) is 0 Å². The highest BCUT2D eigenvalue weighted by molar-refractivity contribution is 5.92. The number of carbonyl (C=O) groups excluding carboxylic acids is 1. The van der Waals surface area contributed by atoms with Crippen LogP contribution in [0.25, 0.3) is 0 Å². The highest BCUT2D eigenvalue weighted by Crippen LogP contribution is 2.32. The Morgan fingerprint density at radius 3 is 2.70 bits per heavy atom. The highest BCUT2D eigenvalue weighted by atomic mass is 16.2. The summed E-state index contributed by atoms with van der Waals surface area (Å²) in [6, 6.07) is 10.0. The van der Waals surface area contributed by atoms with Gasteiger partial charge >= 0.3 is 0 Å². The summed E-state index contributed by atoms with van der Waals surface area (Å²) in [5, 5.41) is 0. The predicted octanol–water partition coefficient (Wildman–Crippen LogP) is 2.80. The maximum absolute atomic E-state index is 12.6. The van der Waals surface area contributed by atoms with Crippen LogP contribution in [-0.2, 0) is 6.42 Å². The minimum absolute atomic E-state index is 0.0285. The van der Waals surface area contributed by atoms with Crippen LogP contribution in [0.5, 0.6) is 0 Å². The number of piperidine rings is 1. The number of hydrogen-bond donors (Lipinski definition) is 0. The lowest BCUT2D eigenvalue weighted by Crippen LogP contribution is -2.36. The first-order valence-electron chi connectivity index (χ1n) is 8.31. The highest BCUT2D eigenvalue weighted by Gasteiger charge is 2.24. The van der Waals surface area contributed by atoms with Crippen LogP contribution in [0.4, 0.5) is 11.6 Å². The number of anilines is 2. The smallest absolute Gasteiger partial charge is 0.272 e. The van der Waals surface area contributed by atoms with E-state index >= 15 is 0 Å². The molecule has 1 amide bonds. The molecule has 0 aliphatic carbocycles. The third kappa shape index (κ3) is 2.67. The SMILES string of the molecule is O=C(c1ccnc(N2CCc3ccccc32)n1)N1CCCCC1. The minimum Gasteiger partial charge on any atom is -0.337 e. The van der Waals surface area contributed by atoms with Crippen molar-refractivity contribution in [2.75, 3.05) is 24.5 Å². The van der Waals surface area contributed by atoms with Gasteiger partial charge in [0.25, 0.3) is 5.91 Å². The first-order chi connectivity index (χ1) is 11.3. The van der Waals surface area contributed by atoms with Crippen LogP contribution >= 0.6 is 0 Å². The second-order valence-corrected chi connectivity index (χ2v) is 6.13. The van der Waals surface area contributed by atoms with Crippen molar-refractivity contribution in [3.05, 3.63) is 47.8 Å². The number of para-hydroxylation sites is 1. The molecule has 2 aliphatic heterocycles. The van der Waals surface area contributed by atoms with E-state index in [1.54, 1.807) is 12.3 Å². The minimum atomic E-state index is 0.0285. The van der Waals surface area contributed by atoms with Gasteiger partial charge in [-0.2, -0.15) is 0 Å². The number of aromatic nitrogens is 2. The van der Waals surface area contributed by atoms with E-state index in [-0.39, 0.29) is 5.91 Å². The molecule has 1 saturated heterocycles. The van der Waals surface area contributed by atoms with Crippen LogP contribution < -0.4 is 4.90 Å². The normalized spacial score (nSPS) is 17.2. The van der Waals surface area contributed by atoms with E-state index in [1.165, 1.54) is 12.0 Å². The summed E-state index contributed by atoms with van der Waals surface area (Å²) in [6.45, 7) is 2.54. The van der Waals surface area contributed by atoms with Crippen molar-refractivity contribution in [1.29, 1.82) is 0 Å². The van der Waals surface area contributed by atoms with Crippen LogP contribution in [-0.4, -0.2) is 40.4 Å². The first kappa shape index (κ1) is 14.2. The molecule has 4 rings (SSSR count). The molecular formula is C18H20N4O. The van der Waals surface area contributed by atoms with E-state index < -0.39 is 0 Å². The van der Waals surface area contributed by atoms with E-state index in [2.05, 4.69) is 33.1 Å². The van der Waals surface area contributed by atoms with E-state index in [4.69, 9.17) is 0 Å². The number of rotatable bonds is 2. The zero-order valence-corrected chi connectivity index (χ0v) is 13.1. The van der Waals surface area contributed by atoms with Crippen LogP contribution in [0.3, 0.4) is 0 Å². The third-order valence-electron chi connectivity index (χ3n) is 4.63. The van der Waals surface area contributed by atoms with Crippen molar-refractivity contribution < 1.29 is 4.79 Å². The largest absolute Gasteiger partial charge is 0.337 e. The molecule has 2 aliphatic rings. The molecule has 5 heteroatoms. The zero-order chi connectivity index (χ0) is 15.6. The second kappa shape index (κ2) is 5.99. The molecule has 0 saturated carbocycles. The molecule has 3 heterocycles. The molecule has 1 aromatic carbocycles. The van der Waals surface area contributed by atoms with Crippen molar-refractivity contribution in [2.45, 2.75) is 25.7 Å². The van der Waals surface area contributed by atoms with Gasteiger partial charge in [0.1, 0.15) is 5.69 Å². The fourth-order valence-electron chi connectivity index (χ4n) is 3.40. The Morgan fingerprint density at radius 2 is 1.83 bits per heavy atom. The summed E-state index contributed by atoms with van der Waals surface area (Å²) in [4.78, 5) is 25.6. The summed E-state index contributed by atoms with van der Waals surface area (Å²) >= 11 is 0. The van der Waals surface area contributed by atoms with Crippen molar-refractivity contribution in [3.8, 4) is 0 Å². The van der Waals surface area contributed by atoms with Crippen molar-refractivity contribution in [2.24, 2.45) is 0 Å². The Hall–Kier alpha value is -2.43. The van der Waals surface area contributed by atoms with Crippen LogP contribution in [0.1, 0.15) is 35.3 Å². The van der Waals surface area contributed by atoms with Gasteiger partial charge in [-0.1, -0.05) is 18.2 Å². The molecule has 118 valence electrons. The maximum atomic E-state index is 12.6. The molecule has 0 spiro atoms. The average Bonchev–Trinajstić information content (AvgIpc) is 3.06. The standard InChI is InChI=1S/C18H20N4O/c23-17(21-11-4-1-5-12-21)15-8-10-19-18(20-15)22-13-9-14-6-2-3-7-16(14)22/h2-3,6-8,10H,1,4-5,9,11-13H2. The van der Waals surface area contributed by atoms with Gasteiger partial charge in [0.2, 0.25) is 5.95 Å². The molecule has 1 aromatic heterocycles. The molecular weight excluding hydrogens is 288 g/mol. The molecule has 1 fully saturated rings. The van der Waals surface area contributed by atoms with Gasteiger partial charge in [-0.3, -0.25) is 4.79 Å². The van der Waals surface area contributed by atoms with Crippen LogP contribution in [0.15, 0.2) is 36.5 Å². The average molecular weight is 308 g/mol. The lowest BCUT2D eigenvalue weighted by Gasteiger charge is -2.26. The Bertz CT molecular complexity index is 724. The maximum Gasteiger partial charge on any atom is 0.272 e. The van der Waals surface area contributed by atoms with Crippen LogP contribution in [0, 0.1) is 0 Å². The second-order valence-electron chi connectivity index (χ2n) is 6.13. The third-order valence-corrected chi connectivity index (χ3v) is 4.63. The molecule has 0 atom stereocenters. The Balaban J connectivity index is 1.61. The first-order valence-corrected chi connectivity index (χ1v) is 8.31. The van der Waals surface area contributed by atoms with E-state index in [1.807, 2.05) is 11.0 Å². The lowest BCUT2D eigenvalue weighted by atomic mass is 10.1. The molecule has 2 aromatic rings. The lowest BCUT2D eigenvalue weighted by molar-refractivity contribution is 0.0718. The van der Waals surface area contributed by atoms with Gasteiger partial charge in [-0.25, -0.2) is 9.97 Å². The number of nitrogens with zero attached hydrogens (tertiary/aromatic N) is 4. The van der Waals surface area contributed by atoms with Gasteiger partial charge < -0.3 is 9.80 Å². The van der Waals surface area contributed by atoms with Crippen molar-refractivity contribution in [1.82, 2.24) is 14.9 Å². The van der Waals surface area contributed by atoms with E-state index in [0.29, 0.717) is 11.6 Å². The van der Waals surface area contributed by atoms with Crippen molar-refractivity contribution >= 4 is 17.5 Å². The Labute approximate surface area is 136 Å². The Kier molecular flexibility index (Phi) is 3.69. The molecule has 0 radical (unpaired) electrons. The number of fused-ring (bicyclic) bond motifs is 1. The van der Waals surface area contributed by atoms with E-state index in [0.717, 1.165) is 44.6 Å². The van der Waals surface area contributed by atoms with Gasteiger partial charge in [0.05, 0.1) is 0 Å². The molecule has 0 N–H and O–H groups in total. The number of hydrogen-bond acceptors (Lipinski definition) is 4. The van der Waals surface area contributed by atoms with Crippen LogP contribution in [0.2, 0.25) is 0 Å². The van der Waals surface area contributed by atoms with Crippen molar-refractivity contribution in [3.63, 3.8) is 0 Å². The van der Waals surface area contributed by atoms with Gasteiger partial charge in [-0.05, 0) is 43.4 Å². The van der Waals surface area contributed by atoms with Gasteiger partial charge in [0, 0.05) is 31.5 Å². The summed E-state index contributed by atoms with van der Waals surface area (Å²) in [5.41, 5.74) is 2.96. The summed E-state index contributed by atoms with van der Waals surface area (Å²) < 4.78 is 0. The van der Waals surface area contributed by atoms with Gasteiger partial charge in [-0.15, -0.1) is 0 Å².